The van der Waals surface area contributed by atoms with E-state index in [2.05, 4.69) is 15.0 Å². The average Bonchev–Trinajstić information content (AvgIpc) is 3.64. The highest BCUT2D eigenvalue weighted by Crippen LogP contribution is 2.54. The first-order valence-corrected chi connectivity index (χ1v) is 18.2. The minimum absolute atomic E-state index is 0.000562. The van der Waals surface area contributed by atoms with Crippen LogP contribution in [-0.2, 0) is 16.8 Å². The quantitative estimate of drug-likeness (QED) is 0.190. The number of thiazole rings is 1. The number of thioether (sulfide) groups is 1. The number of carbonyl (C=O) groups is 2. The minimum atomic E-state index is -3.03. The van der Waals surface area contributed by atoms with Crippen LogP contribution in [0.5, 0.6) is 17.2 Å². The average molecular weight is 736 g/mol. The van der Waals surface area contributed by atoms with Crippen molar-refractivity contribution in [1.29, 1.82) is 0 Å². The molecule has 1 spiro atoms. The highest BCUT2D eigenvalue weighted by atomic mass is 32.2. The molecule has 11 nitrogen and oxygen atoms in total. The molecular formula is C36H35F2N5O6S2. The maximum absolute atomic E-state index is 14.2. The van der Waals surface area contributed by atoms with Gasteiger partial charge in [0.2, 0.25) is 0 Å². The zero-order chi connectivity index (χ0) is 35.6. The number of alkyl halides is 2. The largest absolute Gasteiger partial charge is 0.497 e. The molecule has 4 heterocycles. The lowest BCUT2D eigenvalue weighted by atomic mass is 9.67. The number of anilines is 1. The Morgan fingerprint density at radius 3 is 2.57 bits per heavy atom. The zero-order valence-corrected chi connectivity index (χ0v) is 29.5. The van der Waals surface area contributed by atoms with Crippen molar-refractivity contribution in [3.05, 3.63) is 94.1 Å². The highest BCUT2D eigenvalue weighted by Gasteiger charge is 2.56. The fraction of sp³-hybridized carbons (Fsp3) is 0.361. The van der Waals surface area contributed by atoms with Crippen LogP contribution in [0.4, 0.5) is 14.6 Å². The normalized spacial score (nSPS) is 20.5. The van der Waals surface area contributed by atoms with Gasteiger partial charge in [-0.1, -0.05) is 30.0 Å². The number of ether oxygens (including phenoxy) is 4. The fourth-order valence-corrected chi connectivity index (χ4v) is 8.78. The van der Waals surface area contributed by atoms with Gasteiger partial charge in [-0.3, -0.25) is 14.5 Å². The second-order valence-corrected chi connectivity index (χ2v) is 14.4. The van der Waals surface area contributed by atoms with Gasteiger partial charge in [0.1, 0.15) is 39.3 Å². The first-order valence-electron chi connectivity index (χ1n) is 16.3. The number of nitrogens with one attached hydrogen (secondary N) is 1. The van der Waals surface area contributed by atoms with Crippen molar-refractivity contribution < 1.29 is 37.3 Å². The summed E-state index contributed by atoms with van der Waals surface area (Å²) in [5, 5.41) is 5.91. The number of amides is 2. The van der Waals surface area contributed by atoms with Crippen molar-refractivity contribution in [3.63, 3.8) is 0 Å². The summed E-state index contributed by atoms with van der Waals surface area (Å²) in [7, 11) is 3.08. The molecule has 1 saturated carbocycles. The van der Waals surface area contributed by atoms with Crippen molar-refractivity contribution in [2.24, 2.45) is 10.9 Å². The molecule has 2 atom stereocenters. The van der Waals surface area contributed by atoms with Crippen LogP contribution in [0.25, 0.3) is 0 Å². The van der Waals surface area contributed by atoms with Crippen LogP contribution < -0.4 is 24.4 Å². The number of rotatable bonds is 10. The number of nitrogens with zero attached hydrogens (tertiary/aromatic N) is 4. The summed E-state index contributed by atoms with van der Waals surface area (Å²) in [6.45, 7) is -2.71. The van der Waals surface area contributed by atoms with E-state index in [-0.39, 0.29) is 42.0 Å². The van der Waals surface area contributed by atoms with E-state index in [0.29, 0.717) is 44.4 Å². The van der Waals surface area contributed by atoms with E-state index < -0.39 is 18.1 Å². The van der Waals surface area contributed by atoms with Gasteiger partial charge in [-0.2, -0.15) is 8.78 Å². The Labute approximate surface area is 301 Å². The summed E-state index contributed by atoms with van der Waals surface area (Å²) in [5.41, 5.74) is 0.120. The van der Waals surface area contributed by atoms with Crippen molar-refractivity contribution in [2.45, 2.75) is 50.0 Å². The van der Waals surface area contributed by atoms with E-state index in [1.807, 2.05) is 18.2 Å². The maximum Gasteiger partial charge on any atom is 0.387 e. The van der Waals surface area contributed by atoms with Crippen molar-refractivity contribution in [3.8, 4) is 17.2 Å². The molecule has 2 amide bonds. The lowest BCUT2D eigenvalue weighted by molar-refractivity contribution is -0.169. The van der Waals surface area contributed by atoms with Gasteiger partial charge in [0.25, 0.3) is 11.8 Å². The van der Waals surface area contributed by atoms with E-state index in [1.54, 1.807) is 42.8 Å². The number of hydrogen-bond acceptors (Lipinski definition) is 11. The number of halogens is 2. The van der Waals surface area contributed by atoms with Crippen LogP contribution >= 0.6 is 23.1 Å². The minimum Gasteiger partial charge on any atom is -0.497 e. The highest BCUT2D eigenvalue weighted by molar-refractivity contribution is 8.13. The van der Waals surface area contributed by atoms with Crippen LogP contribution in [0.2, 0.25) is 0 Å². The van der Waals surface area contributed by atoms with Crippen LogP contribution in [0.1, 0.15) is 57.1 Å². The molecule has 0 radical (unpaired) electrons. The number of amidine groups is 1. The molecular weight excluding hydrogens is 701 g/mol. The van der Waals surface area contributed by atoms with Crippen LogP contribution in [-0.4, -0.2) is 65.7 Å². The molecule has 1 unspecified atom stereocenters. The monoisotopic (exact) mass is 735 g/mol. The first-order chi connectivity index (χ1) is 24.7. The van der Waals surface area contributed by atoms with Crippen LogP contribution in [0.3, 0.4) is 0 Å². The van der Waals surface area contributed by atoms with Crippen LogP contribution in [0, 0.1) is 5.92 Å². The summed E-state index contributed by atoms with van der Waals surface area (Å²) in [5.74, 6) is 1.24. The second-order valence-electron chi connectivity index (χ2n) is 12.5. The van der Waals surface area contributed by atoms with Gasteiger partial charge in [0.15, 0.2) is 5.17 Å². The molecule has 2 aromatic heterocycles. The number of aromatic nitrogens is 2. The predicted molar refractivity (Wildman–Crippen MR) is 189 cm³/mol. The van der Waals surface area contributed by atoms with Gasteiger partial charge in [-0.05, 0) is 62.1 Å². The number of benzene rings is 2. The molecule has 0 bridgehead atoms. The topological polar surface area (TPSA) is 124 Å². The number of fused-ring (bicyclic) bond motifs is 1. The third-order valence-corrected chi connectivity index (χ3v) is 11.6. The molecule has 4 aromatic rings. The number of carbonyl (C=O) groups excluding carboxylic acids is 2. The standard InChI is InChI=1S/C36H35F2N5O6S2/c1-46-25-10-9-23(28(15-25)47-2)18-43(31(45)27-12-11-26(17-39-27)49-33(37)38)29-20-50-32(40-29)36-21-48-35(13-6-14-35)16-24(36)19-51-34(42-36)41-30(44)22-7-4-3-5-8-22/h3-5,7-12,15,17,20,24,33H,6,13-14,16,18-19,21H2,1-2H3,(H,41,42,44)/t24-,36?/m1/s1. The molecule has 1 aliphatic carbocycles. The Morgan fingerprint density at radius 2 is 1.88 bits per heavy atom. The molecule has 2 aliphatic heterocycles. The van der Waals surface area contributed by atoms with Gasteiger partial charge in [-0.25, -0.2) is 15.0 Å². The Bertz CT molecular complexity index is 1920. The van der Waals surface area contributed by atoms with E-state index in [9.17, 15) is 18.4 Å². The molecule has 15 heteroatoms. The van der Waals surface area contributed by atoms with Gasteiger partial charge in [0, 0.05) is 34.2 Å². The molecule has 2 fully saturated rings. The van der Waals surface area contributed by atoms with Crippen molar-refractivity contribution in [1.82, 2.24) is 15.3 Å². The lowest BCUT2D eigenvalue weighted by Crippen LogP contribution is -2.57. The van der Waals surface area contributed by atoms with Crippen molar-refractivity contribution >= 4 is 45.9 Å². The Hall–Kier alpha value is -4.60. The summed E-state index contributed by atoms with van der Waals surface area (Å²) in [6, 6.07) is 16.8. The summed E-state index contributed by atoms with van der Waals surface area (Å²) >= 11 is 2.88. The second kappa shape index (κ2) is 14.6. The molecule has 2 aromatic carbocycles. The van der Waals surface area contributed by atoms with E-state index in [4.69, 9.17) is 24.2 Å². The van der Waals surface area contributed by atoms with E-state index >= 15 is 0 Å². The smallest absolute Gasteiger partial charge is 0.387 e. The van der Waals surface area contributed by atoms with Crippen molar-refractivity contribution in [2.75, 3.05) is 31.5 Å². The summed E-state index contributed by atoms with van der Waals surface area (Å²) in [6.07, 6.45) is 4.99. The third kappa shape index (κ3) is 7.14. The molecule has 51 heavy (non-hydrogen) atoms. The number of aliphatic imine (C=N–C) groups is 1. The Morgan fingerprint density at radius 1 is 1.08 bits per heavy atom. The summed E-state index contributed by atoms with van der Waals surface area (Å²) < 4.78 is 47.6. The van der Waals surface area contributed by atoms with E-state index in [0.717, 1.165) is 31.9 Å². The number of methoxy groups -OCH3 is 2. The lowest BCUT2D eigenvalue weighted by Gasteiger charge is -2.54. The fourth-order valence-electron chi connectivity index (χ4n) is 6.61. The van der Waals surface area contributed by atoms with Crippen LogP contribution in [0.15, 0.2) is 77.2 Å². The zero-order valence-electron chi connectivity index (χ0n) is 27.8. The molecule has 266 valence electrons. The van der Waals surface area contributed by atoms with Gasteiger partial charge in [-0.15, -0.1) is 11.3 Å². The number of hydrogen-bond donors (Lipinski definition) is 1. The maximum atomic E-state index is 14.2. The Kier molecular flexibility index (Phi) is 9.94. The molecule has 3 aliphatic rings. The third-order valence-electron chi connectivity index (χ3n) is 9.52. The van der Waals surface area contributed by atoms with E-state index in [1.165, 1.54) is 47.2 Å². The molecule has 7 rings (SSSR count). The molecule has 1 saturated heterocycles. The Balaban J connectivity index is 1.25. The van der Waals surface area contributed by atoms with Gasteiger partial charge < -0.3 is 24.3 Å². The number of pyridine rings is 1. The summed E-state index contributed by atoms with van der Waals surface area (Å²) in [4.78, 5) is 43.2. The molecule has 1 N–H and O–H groups in total. The SMILES string of the molecule is COc1ccc(CN(C(=O)c2ccc(OC(F)F)cn2)c2csc(C34COC5(CCC5)C[C@@H]3CSC(NC(=O)c3ccccc3)=N4)n2)c(OC)c1. The first kappa shape index (κ1) is 34.8. The van der Waals surface area contributed by atoms with Gasteiger partial charge >= 0.3 is 6.61 Å². The van der Waals surface area contributed by atoms with Gasteiger partial charge in [0.05, 0.1) is 39.2 Å². The predicted octanol–water partition coefficient (Wildman–Crippen LogP) is 6.69.